The summed E-state index contributed by atoms with van der Waals surface area (Å²) in [6.45, 7) is 4.23. The van der Waals surface area contributed by atoms with E-state index in [1.165, 1.54) is 5.56 Å². The largest absolute Gasteiger partial charge is 0.342 e. The minimum Gasteiger partial charge on any atom is -0.342 e. The van der Waals surface area contributed by atoms with E-state index in [0.717, 1.165) is 18.5 Å². The Morgan fingerprint density at radius 3 is 2.52 bits per heavy atom. The Kier molecular flexibility index (Phi) is 5.23. The van der Waals surface area contributed by atoms with Gasteiger partial charge in [0.25, 0.3) is 5.91 Å². The first-order valence-corrected chi connectivity index (χ1v) is 8.38. The third-order valence-electron chi connectivity index (χ3n) is 4.30. The molecule has 1 saturated heterocycles. The number of amides is 2. The molecule has 25 heavy (non-hydrogen) atoms. The maximum Gasteiger partial charge on any atom is 0.274 e. The lowest BCUT2D eigenvalue weighted by molar-refractivity contribution is -0.119. The standard InChI is InChI=1S/C18H21N5O2/c1-2-14-5-3-4-6-15(14)19-17-8-7-16(20-21-17)18(25)23-11-9-22(13-24)10-12-23/h3-8,13H,2,9-12H2,1H3,(H,19,21). The molecule has 0 bridgehead atoms. The molecule has 7 nitrogen and oxygen atoms in total. The molecule has 3 rings (SSSR count). The Balaban J connectivity index is 1.66. The number of aryl methyl sites for hydroxylation is 1. The summed E-state index contributed by atoms with van der Waals surface area (Å²) in [5.41, 5.74) is 2.50. The number of nitrogens with one attached hydrogen (secondary N) is 1. The number of anilines is 2. The van der Waals surface area contributed by atoms with Gasteiger partial charge in [-0.15, -0.1) is 10.2 Å². The molecule has 1 N–H and O–H groups in total. The summed E-state index contributed by atoms with van der Waals surface area (Å²) in [4.78, 5) is 26.6. The number of rotatable bonds is 5. The van der Waals surface area contributed by atoms with E-state index >= 15 is 0 Å². The Labute approximate surface area is 146 Å². The number of carbonyl (C=O) groups excluding carboxylic acids is 2. The monoisotopic (exact) mass is 339 g/mol. The Morgan fingerprint density at radius 2 is 1.88 bits per heavy atom. The van der Waals surface area contributed by atoms with E-state index in [1.54, 1.807) is 21.9 Å². The molecule has 1 aliphatic heterocycles. The third-order valence-corrected chi connectivity index (χ3v) is 4.30. The fraction of sp³-hybridized carbons (Fsp3) is 0.333. The predicted molar refractivity (Wildman–Crippen MR) is 94.7 cm³/mol. The summed E-state index contributed by atoms with van der Waals surface area (Å²) in [6.07, 6.45) is 1.73. The lowest BCUT2D eigenvalue weighted by Gasteiger charge is -2.32. The number of para-hydroxylation sites is 1. The number of carbonyl (C=O) groups is 2. The number of aromatic nitrogens is 2. The smallest absolute Gasteiger partial charge is 0.274 e. The molecule has 0 radical (unpaired) electrons. The normalized spacial score (nSPS) is 14.3. The van der Waals surface area contributed by atoms with Crippen molar-refractivity contribution in [3.63, 3.8) is 0 Å². The van der Waals surface area contributed by atoms with Gasteiger partial charge in [-0.05, 0) is 30.2 Å². The van der Waals surface area contributed by atoms with Gasteiger partial charge in [-0.25, -0.2) is 0 Å². The molecule has 1 aromatic heterocycles. The molecule has 0 unspecified atom stereocenters. The molecule has 1 aliphatic rings. The van der Waals surface area contributed by atoms with Crippen molar-refractivity contribution in [2.75, 3.05) is 31.5 Å². The predicted octanol–water partition coefficient (Wildman–Crippen LogP) is 1.70. The van der Waals surface area contributed by atoms with E-state index in [4.69, 9.17) is 0 Å². The second kappa shape index (κ2) is 7.74. The Hall–Kier alpha value is -2.96. The third kappa shape index (κ3) is 3.93. The van der Waals surface area contributed by atoms with Crippen LogP contribution in [-0.2, 0) is 11.2 Å². The topological polar surface area (TPSA) is 78.4 Å². The van der Waals surface area contributed by atoms with Gasteiger partial charge >= 0.3 is 0 Å². The maximum absolute atomic E-state index is 12.5. The summed E-state index contributed by atoms with van der Waals surface area (Å²) in [5.74, 6) is 0.446. The fourth-order valence-electron chi connectivity index (χ4n) is 2.79. The SMILES string of the molecule is CCc1ccccc1Nc1ccc(C(=O)N2CCN(C=O)CC2)nn1. The van der Waals surface area contributed by atoms with Gasteiger partial charge in [-0.2, -0.15) is 0 Å². The molecule has 7 heteroatoms. The molecule has 2 amide bonds. The van der Waals surface area contributed by atoms with Crippen LogP contribution in [-0.4, -0.2) is 58.5 Å². The highest BCUT2D eigenvalue weighted by Crippen LogP contribution is 2.19. The molecule has 0 saturated carbocycles. The molecule has 0 atom stereocenters. The van der Waals surface area contributed by atoms with Gasteiger partial charge < -0.3 is 15.1 Å². The van der Waals surface area contributed by atoms with Crippen molar-refractivity contribution < 1.29 is 9.59 Å². The molecule has 130 valence electrons. The summed E-state index contributed by atoms with van der Waals surface area (Å²) in [7, 11) is 0. The first-order chi connectivity index (χ1) is 12.2. The minimum absolute atomic E-state index is 0.154. The van der Waals surface area contributed by atoms with Gasteiger partial charge in [-0.3, -0.25) is 9.59 Å². The van der Waals surface area contributed by atoms with Crippen molar-refractivity contribution in [1.29, 1.82) is 0 Å². The number of hydrogen-bond donors (Lipinski definition) is 1. The van der Waals surface area contributed by atoms with Crippen LogP contribution < -0.4 is 5.32 Å². The summed E-state index contributed by atoms with van der Waals surface area (Å²) >= 11 is 0. The first kappa shape index (κ1) is 16.9. The van der Waals surface area contributed by atoms with Crippen LogP contribution in [0, 0.1) is 0 Å². The molecule has 1 aromatic carbocycles. The van der Waals surface area contributed by atoms with Crippen molar-refractivity contribution in [2.24, 2.45) is 0 Å². The minimum atomic E-state index is -0.154. The van der Waals surface area contributed by atoms with Gasteiger partial charge in [0.15, 0.2) is 11.5 Å². The van der Waals surface area contributed by atoms with E-state index in [1.807, 2.05) is 18.2 Å². The van der Waals surface area contributed by atoms with Crippen LogP contribution in [0.3, 0.4) is 0 Å². The average Bonchev–Trinajstić information content (AvgIpc) is 2.68. The van der Waals surface area contributed by atoms with Crippen LogP contribution in [0.4, 0.5) is 11.5 Å². The van der Waals surface area contributed by atoms with Gasteiger partial charge in [0.05, 0.1) is 0 Å². The van der Waals surface area contributed by atoms with E-state index in [0.29, 0.717) is 37.7 Å². The van der Waals surface area contributed by atoms with Gasteiger partial charge in [0.1, 0.15) is 0 Å². The highest BCUT2D eigenvalue weighted by Gasteiger charge is 2.22. The molecular formula is C18H21N5O2. The van der Waals surface area contributed by atoms with Crippen molar-refractivity contribution in [3.8, 4) is 0 Å². The van der Waals surface area contributed by atoms with Crippen LogP contribution in [0.2, 0.25) is 0 Å². The molecular weight excluding hydrogens is 318 g/mol. The van der Waals surface area contributed by atoms with Crippen LogP contribution in [0.15, 0.2) is 36.4 Å². The maximum atomic E-state index is 12.5. The van der Waals surface area contributed by atoms with Crippen LogP contribution in [0.5, 0.6) is 0 Å². The van der Waals surface area contributed by atoms with Gasteiger partial charge in [-0.1, -0.05) is 25.1 Å². The lowest BCUT2D eigenvalue weighted by Crippen LogP contribution is -2.48. The molecule has 2 heterocycles. The molecule has 0 aliphatic carbocycles. The highest BCUT2D eigenvalue weighted by atomic mass is 16.2. The Bertz CT molecular complexity index is 739. The van der Waals surface area contributed by atoms with E-state index in [9.17, 15) is 9.59 Å². The zero-order chi connectivity index (χ0) is 17.6. The number of nitrogens with zero attached hydrogens (tertiary/aromatic N) is 4. The van der Waals surface area contributed by atoms with Crippen molar-refractivity contribution >= 4 is 23.8 Å². The zero-order valence-corrected chi connectivity index (χ0v) is 14.2. The number of piperazine rings is 1. The van der Waals surface area contributed by atoms with E-state index < -0.39 is 0 Å². The molecule has 0 spiro atoms. The Morgan fingerprint density at radius 1 is 1.12 bits per heavy atom. The number of benzene rings is 1. The van der Waals surface area contributed by atoms with Crippen molar-refractivity contribution in [3.05, 3.63) is 47.7 Å². The quantitative estimate of drug-likeness (QED) is 0.839. The van der Waals surface area contributed by atoms with Gasteiger partial charge in [0.2, 0.25) is 6.41 Å². The van der Waals surface area contributed by atoms with Crippen LogP contribution in [0.25, 0.3) is 0 Å². The fourth-order valence-corrected chi connectivity index (χ4v) is 2.79. The molecule has 2 aromatic rings. The lowest BCUT2D eigenvalue weighted by atomic mass is 10.1. The van der Waals surface area contributed by atoms with Gasteiger partial charge in [0, 0.05) is 31.9 Å². The first-order valence-electron chi connectivity index (χ1n) is 8.38. The second-order valence-corrected chi connectivity index (χ2v) is 5.87. The van der Waals surface area contributed by atoms with E-state index in [2.05, 4.69) is 28.5 Å². The van der Waals surface area contributed by atoms with Crippen molar-refractivity contribution in [1.82, 2.24) is 20.0 Å². The molecule has 1 fully saturated rings. The number of hydrogen-bond acceptors (Lipinski definition) is 5. The van der Waals surface area contributed by atoms with Crippen LogP contribution in [0.1, 0.15) is 23.0 Å². The van der Waals surface area contributed by atoms with E-state index in [-0.39, 0.29) is 5.91 Å². The summed E-state index contributed by atoms with van der Waals surface area (Å²) < 4.78 is 0. The summed E-state index contributed by atoms with van der Waals surface area (Å²) in [5, 5.41) is 11.4. The second-order valence-electron chi connectivity index (χ2n) is 5.87. The summed E-state index contributed by atoms with van der Waals surface area (Å²) in [6, 6.07) is 11.5. The highest BCUT2D eigenvalue weighted by molar-refractivity contribution is 5.92. The zero-order valence-electron chi connectivity index (χ0n) is 14.2. The van der Waals surface area contributed by atoms with Crippen LogP contribution >= 0.6 is 0 Å². The van der Waals surface area contributed by atoms with Crippen molar-refractivity contribution in [2.45, 2.75) is 13.3 Å². The average molecular weight is 339 g/mol.